The van der Waals surface area contributed by atoms with Crippen LogP contribution in [-0.2, 0) is 9.84 Å². The number of hydrogen-bond acceptors (Lipinski definition) is 3. The molecule has 1 saturated carbocycles. The van der Waals surface area contributed by atoms with Crippen LogP contribution in [0.3, 0.4) is 0 Å². The van der Waals surface area contributed by atoms with E-state index in [0.717, 1.165) is 18.8 Å². The van der Waals surface area contributed by atoms with Crippen molar-refractivity contribution in [3.8, 4) is 0 Å². The molecule has 126 valence electrons. The molecule has 0 bridgehead atoms. The standard InChI is InChI=1S/C14H29N3O2S.HI/c1-11-6-8-12(9-7-11)17-13(15-4)16-10-14(2,3)20(5,18)19;/h11-12H,6-10H2,1-5H3,(H2,15,16,17);1H. The van der Waals surface area contributed by atoms with Crippen molar-refractivity contribution >= 4 is 39.8 Å². The molecule has 0 spiro atoms. The van der Waals surface area contributed by atoms with Crippen molar-refractivity contribution < 1.29 is 8.42 Å². The van der Waals surface area contributed by atoms with E-state index in [4.69, 9.17) is 0 Å². The van der Waals surface area contributed by atoms with Gasteiger partial charge >= 0.3 is 0 Å². The molecule has 2 N–H and O–H groups in total. The van der Waals surface area contributed by atoms with Crippen molar-refractivity contribution in [1.29, 1.82) is 0 Å². The summed E-state index contributed by atoms with van der Waals surface area (Å²) in [6.45, 7) is 6.10. The van der Waals surface area contributed by atoms with Crippen molar-refractivity contribution in [2.45, 2.75) is 57.2 Å². The minimum Gasteiger partial charge on any atom is -0.355 e. The van der Waals surface area contributed by atoms with Crippen LogP contribution in [0.1, 0.15) is 46.5 Å². The third-order valence-corrected chi connectivity index (χ3v) is 6.42. The average molecular weight is 431 g/mol. The predicted octanol–water partition coefficient (Wildman–Crippen LogP) is 2.17. The number of halogens is 1. The summed E-state index contributed by atoms with van der Waals surface area (Å²) in [6.07, 6.45) is 6.05. The fourth-order valence-electron chi connectivity index (χ4n) is 2.22. The molecule has 0 amide bonds. The van der Waals surface area contributed by atoms with Crippen LogP contribution < -0.4 is 10.6 Å². The summed E-state index contributed by atoms with van der Waals surface area (Å²) in [5.41, 5.74) is 0. The van der Waals surface area contributed by atoms with Crippen LogP contribution in [0.15, 0.2) is 4.99 Å². The van der Waals surface area contributed by atoms with Gasteiger partial charge in [0.05, 0.1) is 4.75 Å². The van der Waals surface area contributed by atoms with Gasteiger partial charge in [0, 0.05) is 25.9 Å². The summed E-state index contributed by atoms with van der Waals surface area (Å²) in [6, 6.07) is 0.443. The van der Waals surface area contributed by atoms with E-state index >= 15 is 0 Å². The van der Waals surface area contributed by atoms with Gasteiger partial charge in [0.25, 0.3) is 0 Å². The van der Waals surface area contributed by atoms with Crippen molar-refractivity contribution in [1.82, 2.24) is 10.6 Å². The van der Waals surface area contributed by atoms with Gasteiger partial charge in [-0.15, -0.1) is 24.0 Å². The first-order valence-electron chi connectivity index (χ1n) is 7.32. The summed E-state index contributed by atoms with van der Waals surface area (Å²) in [5.74, 6) is 1.51. The molecule has 1 fully saturated rings. The highest BCUT2D eigenvalue weighted by Crippen LogP contribution is 2.23. The fraction of sp³-hybridized carbons (Fsp3) is 0.929. The van der Waals surface area contributed by atoms with E-state index in [1.807, 2.05) is 0 Å². The zero-order chi connectivity index (χ0) is 15.4. The highest BCUT2D eigenvalue weighted by atomic mass is 127. The summed E-state index contributed by atoms with van der Waals surface area (Å²) >= 11 is 0. The molecule has 0 aromatic heterocycles. The Balaban J connectivity index is 0.00000400. The maximum Gasteiger partial charge on any atom is 0.191 e. The second kappa shape index (κ2) is 8.55. The molecule has 1 aliphatic rings. The van der Waals surface area contributed by atoms with E-state index < -0.39 is 14.6 Å². The molecule has 0 aromatic rings. The van der Waals surface area contributed by atoms with Crippen molar-refractivity contribution in [2.75, 3.05) is 19.8 Å². The quantitative estimate of drug-likeness (QED) is 0.407. The molecule has 0 heterocycles. The van der Waals surface area contributed by atoms with E-state index in [0.29, 0.717) is 18.5 Å². The summed E-state index contributed by atoms with van der Waals surface area (Å²) in [7, 11) is -1.38. The van der Waals surface area contributed by atoms with Gasteiger partial charge < -0.3 is 10.6 Å². The summed E-state index contributed by atoms with van der Waals surface area (Å²) < 4.78 is 22.6. The van der Waals surface area contributed by atoms with E-state index in [1.165, 1.54) is 19.1 Å². The third-order valence-electron chi connectivity index (χ3n) is 4.27. The zero-order valence-corrected chi connectivity index (χ0v) is 16.9. The lowest BCUT2D eigenvalue weighted by Gasteiger charge is -2.29. The van der Waals surface area contributed by atoms with Gasteiger partial charge in [-0.2, -0.15) is 0 Å². The Labute approximate surface area is 146 Å². The van der Waals surface area contributed by atoms with Gasteiger partial charge in [-0.1, -0.05) is 6.92 Å². The van der Waals surface area contributed by atoms with Crippen molar-refractivity contribution in [3.05, 3.63) is 0 Å². The van der Waals surface area contributed by atoms with Crippen molar-refractivity contribution in [2.24, 2.45) is 10.9 Å². The van der Waals surface area contributed by atoms with E-state index in [2.05, 4.69) is 22.5 Å². The fourth-order valence-corrected chi connectivity index (χ4v) is 2.55. The van der Waals surface area contributed by atoms with Crippen LogP contribution in [0.5, 0.6) is 0 Å². The van der Waals surface area contributed by atoms with Gasteiger partial charge in [0.1, 0.15) is 0 Å². The minimum atomic E-state index is -3.09. The molecular formula is C14H30IN3O2S. The molecule has 1 aliphatic carbocycles. The number of rotatable bonds is 4. The van der Waals surface area contributed by atoms with Crippen LogP contribution in [0.4, 0.5) is 0 Å². The third kappa shape index (κ3) is 6.71. The topological polar surface area (TPSA) is 70.6 Å². The summed E-state index contributed by atoms with van der Waals surface area (Å²) in [5, 5.41) is 6.53. The number of aliphatic imine (C=N–C) groups is 1. The second-order valence-electron chi connectivity index (χ2n) is 6.56. The van der Waals surface area contributed by atoms with Gasteiger partial charge in [0.2, 0.25) is 0 Å². The maximum absolute atomic E-state index is 11.7. The lowest BCUT2D eigenvalue weighted by Crippen LogP contribution is -2.50. The molecule has 0 radical (unpaired) electrons. The Hall–Kier alpha value is -0.0500. The highest BCUT2D eigenvalue weighted by molar-refractivity contribution is 14.0. The number of sulfone groups is 1. The molecule has 7 heteroatoms. The lowest BCUT2D eigenvalue weighted by atomic mass is 9.87. The highest BCUT2D eigenvalue weighted by Gasteiger charge is 2.30. The molecule has 0 saturated heterocycles. The van der Waals surface area contributed by atoms with Gasteiger partial charge in [-0.05, 0) is 45.4 Å². The average Bonchev–Trinajstić information content (AvgIpc) is 2.35. The second-order valence-corrected chi connectivity index (χ2v) is 9.21. The van der Waals surface area contributed by atoms with Crippen LogP contribution in [0, 0.1) is 5.92 Å². The Morgan fingerprint density at radius 2 is 1.76 bits per heavy atom. The molecule has 0 unspecified atom stereocenters. The van der Waals surface area contributed by atoms with Crippen molar-refractivity contribution in [3.63, 3.8) is 0 Å². The van der Waals surface area contributed by atoms with Crippen LogP contribution in [0.25, 0.3) is 0 Å². The zero-order valence-electron chi connectivity index (χ0n) is 13.8. The predicted molar refractivity (Wildman–Crippen MR) is 100 cm³/mol. The van der Waals surface area contributed by atoms with Gasteiger partial charge in [-0.25, -0.2) is 8.42 Å². The Morgan fingerprint density at radius 3 is 2.19 bits per heavy atom. The lowest BCUT2D eigenvalue weighted by molar-refractivity contribution is 0.329. The molecular weight excluding hydrogens is 401 g/mol. The Kier molecular flexibility index (Phi) is 8.53. The summed E-state index contributed by atoms with van der Waals surface area (Å²) in [4.78, 5) is 4.19. The number of nitrogens with zero attached hydrogens (tertiary/aromatic N) is 1. The van der Waals surface area contributed by atoms with E-state index in [9.17, 15) is 8.42 Å². The first kappa shape index (κ1) is 20.9. The monoisotopic (exact) mass is 431 g/mol. The van der Waals surface area contributed by atoms with Gasteiger partial charge in [-0.3, -0.25) is 4.99 Å². The largest absolute Gasteiger partial charge is 0.355 e. The Morgan fingerprint density at radius 1 is 1.24 bits per heavy atom. The van der Waals surface area contributed by atoms with Crippen LogP contribution in [-0.4, -0.2) is 45.0 Å². The first-order valence-corrected chi connectivity index (χ1v) is 9.21. The maximum atomic E-state index is 11.7. The SMILES string of the molecule is CN=C(NCC(C)(C)S(C)(=O)=O)NC1CCC(C)CC1.I. The number of nitrogens with one attached hydrogen (secondary N) is 2. The molecule has 5 nitrogen and oxygen atoms in total. The smallest absolute Gasteiger partial charge is 0.191 e. The first-order chi connectivity index (χ1) is 9.15. The van der Waals surface area contributed by atoms with Crippen LogP contribution >= 0.6 is 24.0 Å². The molecule has 0 atom stereocenters. The molecule has 1 rings (SSSR count). The Bertz CT molecular complexity index is 441. The van der Waals surface area contributed by atoms with E-state index in [1.54, 1.807) is 20.9 Å². The minimum absolute atomic E-state index is 0. The van der Waals surface area contributed by atoms with E-state index in [-0.39, 0.29) is 24.0 Å². The number of hydrogen-bond donors (Lipinski definition) is 2. The number of guanidine groups is 1. The molecule has 21 heavy (non-hydrogen) atoms. The normalized spacial score (nSPS) is 24.1. The van der Waals surface area contributed by atoms with Crippen LogP contribution in [0.2, 0.25) is 0 Å². The molecule has 0 aliphatic heterocycles. The molecule has 0 aromatic carbocycles. The van der Waals surface area contributed by atoms with Gasteiger partial charge in [0.15, 0.2) is 15.8 Å².